The molecule has 0 radical (unpaired) electrons. The summed E-state index contributed by atoms with van der Waals surface area (Å²) in [4.78, 5) is 25.7. The molecule has 0 aromatic heterocycles. The molecular weight excluding hydrogens is 402 g/mol. The monoisotopic (exact) mass is 430 g/mol. The van der Waals surface area contributed by atoms with Crippen molar-refractivity contribution in [1.82, 2.24) is 10.2 Å². The van der Waals surface area contributed by atoms with E-state index in [0.717, 1.165) is 17.7 Å². The van der Waals surface area contributed by atoms with Gasteiger partial charge >= 0.3 is 0 Å². The van der Waals surface area contributed by atoms with E-state index in [1.807, 2.05) is 30.3 Å². The Hall–Kier alpha value is -2.80. The van der Waals surface area contributed by atoms with Gasteiger partial charge in [0.1, 0.15) is 17.2 Å². The van der Waals surface area contributed by atoms with Crippen LogP contribution in [0.4, 0.5) is 8.78 Å². The third-order valence-electron chi connectivity index (χ3n) is 6.34. The molecule has 2 aromatic rings. The molecule has 2 aromatic carbocycles. The van der Waals surface area contributed by atoms with Crippen molar-refractivity contribution in [2.75, 3.05) is 13.6 Å². The van der Waals surface area contributed by atoms with E-state index in [9.17, 15) is 23.5 Å². The highest BCUT2D eigenvalue weighted by molar-refractivity contribution is 5.94. The fraction of sp³-hybridized carbons (Fsp3) is 0.417. The molecule has 0 bridgehead atoms. The number of likely N-dealkylation sites (N-methyl/N-ethyl adjacent to an activating group) is 1. The number of aliphatic hydroxyl groups is 1. The van der Waals surface area contributed by atoms with Gasteiger partial charge in [0.2, 0.25) is 5.91 Å². The normalized spacial score (nSPS) is 23.6. The van der Waals surface area contributed by atoms with Crippen LogP contribution >= 0.6 is 0 Å². The minimum absolute atomic E-state index is 0.140. The highest BCUT2D eigenvalue weighted by Crippen LogP contribution is 2.39. The summed E-state index contributed by atoms with van der Waals surface area (Å²) < 4.78 is 28.3. The van der Waals surface area contributed by atoms with E-state index in [0.29, 0.717) is 32.2 Å². The third kappa shape index (κ3) is 4.93. The molecule has 2 N–H and O–H groups in total. The zero-order valence-electron chi connectivity index (χ0n) is 17.8. The highest BCUT2D eigenvalue weighted by Gasteiger charge is 2.40. The summed E-state index contributed by atoms with van der Waals surface area (Å²) in [6.45, 7) is 1.87. The lowest BCUT2D eigenvalue weighted by Crippen LogP contribution is -2.44. The van der Waals surface area contributed by atoms with Crippen LogP contribution in [0.1, 0.15) is 48.5 Å². The van der Waals surface area contributed by atoms with E-state index in [-0.39, 0.29) is 5.91 Å². The smallest absolute Gasteiger partial charge is 0.259 e. The minimum atomic E-state index is -0.927. The van der Waals surface area contributed by atoms with Crippen LogP contribution in [0.25, 0.3) is 0 Å². The molecular formula is C24H28F2N2O3. The van der Waals surface area contributed by atoms with Gasteiger partial charge in [0, 0.05) is 25.9 Å². The van der Waals surface area contributed by atoms with Crippen LogP contribution in [0.2, 0.25) is 0 Å². The van der Waals surface area contributed by atoms with Crippen molar-refractivity contribution in [3.63, 3.8) is 0 Å². The van der Waals surface area contributed by atoms with Gasteiger partial charge in [0.05, 0.1) is 12.1 Å². The lowest BCUT2D eigenvalue weighted by atomic mass is 9.74. The van der Waals surface area contributed by atoms with E-state index in [1.54, 1.807) is 0 Å². The second-order valence-electron chi connectivity index (χ2n) is 8.28. The lowest BCUT2D eigenvalue weighted by Gasteiger charge is -2.34. The number of nitrogens with one attached hydrogen (secondary N) is 1. The summed E-state index contributed by atoms with van der Waals surface area (Å²) in [6, 6.07) is 12.5. The summed E-state index contributed by atoms with van der Waals surface area (Å²) in [5.74, 6) is -2.79. The van der Waals surface area contributed by atoms with Crippen LogP contribution in [0.5, 0.6) is 0 Å². The molecule has 0 saturated heterocycles. The Kier molecular flexibility index (Phi) is 7.05. The van der Waals surface area contributed by atoms with Crippen molar-refractivity contribution in [1.29, 1.82) is 0 Å². The number of hydrogen-bond acceptors (Lipinski definition) is 3. The van der Waals surface area contributed by atoms with Gasteiger partial charge in [-0.15, -0.1) is 0 Å². The first-order chi connectivity index (χ1) is 14.7. The van der Waals surface area contributed by atoms with Crippen molar-refractivity contribution in [3.8, 4) is 0 Å². The van der Waals surface area contributed by atoms with E-state index >= 15 is 0 Å². The van der Waals surface area contributed by atoms with Gasteiger partial charge in [-0.3, -0.25) is 9.59 Å². The number of aliphatic hydroxyl groups excluding tert-OH is 1. The molecule has 0 spiro atoms. The molecule has 0 unspecified atom stereocenters. The molecule has 2 amide bonds. The third-order valence-corrected chi connectivity index (χ3v) is 6.34. The summed E-state index contributed by atoms with van der Waals surface area (Å²) in [7, 11) is 1.46. The van der Waals surface area contributed by atoms with Crippen LogP contribution in [-0.2, 0) is 10.2 Å². The molecule has 7 heteroatoms. The van der Waals surface area contributed by atoms with Crippen molar-refractivity contribution in [2.45, 2.75) is 50.2 Å². The predicted octanol–water partition coefficient (Wildman–Crippen LogP) is 3.41. The quantitative estimate of drug-likeness (QED) is 0.715. The molecule has 0 aliphatic heterocycles. The number of carbonyl (C=O) groups excluding carboxylic acids is 2. The zero-order valence-corrected chi connectivity index (χ0v) is 17.8. The average Bonchev–Trinajstić information content (AvgIpc) is 2.92. The van der Waals surface area contributed by atoms with Crippen LogP contribution < -0.4 is 5.32 Å². The molecule has 0 heterocycles. The Morgan fingerprint density at radius 2 is 1.68 bits per heavy atom. The van der Waals surface area contributed by atoms with Crippen LogP contribution in [-0.4, -0.2) is 47.6 Å². The second-order valence-corrected chi connectivity index (χ2v) is 8.28. The van der Waals surface area contributed by atoms with Crippen molar-refractivity contribution in [2.24, 2.45) is 0 Å². The minimum Gasteiger partial charge on any atom is -0.391 e. The van der Waals surface area contributed by atoms with Crippen molar-refractivity contribution >= 4 is 11.8 Å². The fourth-order valence-corrected chi connectivity index (χ4v) is 4.49. The number of carbonyl (C=O) groups is 2. The largest absolute Gasteiger partial charge is 0.391 e. The van der Waals surface area contributed by atoms with E-state index in [4.69, 9.17) is 0 Å². The van der Waals surface area contributed by atoms with Crippen LogP contribution in [0, 0.1) is 11.6 Å². The standard InChI is InChI=1S/C24H28F2N2O3/c1-16(29)27-15-24(17-7-4-3-5-8-17)13-11-20(21(30)12-14-24)28(2)23(31)22-18(25)9-6-10-19(22)26/h3-10,20-21,30H,11-15H2,1-2H3,(H,27,29)/t20-,21-,24+/m0/s1. The zero-order chi connectivity index (χ0) is 22.6. The number of amides is 2. The Morgan fingerprint density at radius 1 is 1.06 bits per heavy atom. The summed E-state index contributed by atoms with van der Waals surface area (Å²) in [5, 5.41) is 13.7. The summed E-state index contributed by atoms with van der Waals surface area (Å²) in [5.41, 5.74) is 0.0234. The number of hydrogen-bond donors (Lipinski definition) is 2. The molecule has 166 valence electrons. The van der Waals surface area contributed by atoms with Crippen LogP contribution in [0.15, 0.2) is 48.5 Å². The second kappa shape index (κ2) is 9.56. The number of nitrogens with zero attached hydrogens (tertiary/aromatic N) is 1. The topological polar surface area (TPSA) is 69.6 Å². The molecule has 1 aliphatic carbocycles. The summed E-state index contributed by atoms with van der Waals surface area (Å²) >= 11 is 0. The Bertz CT molecular complexity index is 917. The molecule has 5 nitrogen and oxygen atoms in total. The molecule has 1 aliphatic rings. The Balaban J connectivity index is 1.87. The Labute approximate surface area is 181 Å². The molecule has 31 heavy (non-hydrogen) atoms. The first-order valence-corrected chi connectivity index (χ1v) is 10.4. The van der Waals surface area contributed by atoms with Crippen molar-refractivity contribution in [3.05, 3.63) is 71.3 Å². The van der Waals surface area contributed by atoms with Gasteiger partial charge in [0.15, 0.2) is 0 Å². The maximum absolute atomic E-state index is 14.1. The SMILES string of the molecule is CC(=O)NC[C@]1(c2ccccc2)CC[C@H](O)[C@@H](N(C)C(=O)c2c(F)cccc2F)CC1. The highest BCUT2D eigenvalue weighted by atomic mass is 19.1. The van der Waals surface area contributed by atoms with E-state index < -0.39 is 40.7 Å². The lowest BCUT2D eigenvalue weighted by molar-refractivity contribution is -0.119. The first kappa shape index (κ1) is 22.9. The fourth-order valence-electron chi connectivity index (χ4n) is 4.49. The van der Waals surface area contributed by atoms with Gasteiger partial charge in [0.25, 0.3) is 5.91 Å². The van der Waals surface area contributed by atoms with Gasteiger partial charge in [-0.05, 0) is 43.4 Å². The number of benzene rings is 2. The Morgan fingerprint density at radius 3 is 2.29 bits per heavy atom. The van der Waals surface area contributed by atoms with Gasteiger partial charge in [-0.1, -0.05) is 36.4 Å². The predicted molar refractivity (Wildman–Crippen MR) is 114 cm³/mol. The van der Waals surface area contributed by atoms with Gasteiger partial charge in [-0.2, -0.15) is 0 Å². The molecule has 3 atom stereocenters. The summed E-state index contributed by atoms with van der Waals surface area (Å²) in [6.07, 6.45) is 1.15. The first-order valence-electron chi connectivity index (χ1n) is 10.4. The maximum atomic E-state index is 14.1. The van der Waals surface area contributed by atoms with Crippen LogP contribution in [0.3, 0.4) is 0 Å². The number of halogens is 2. The van der Waals surface area contributed by atoms with Gasteiger partial charge in [-0.25, -0.2) is 8.78 Å². The molecule has 1 saturated carbocycles. The maximum Gasteiger partial charge on any atom is 0.259 e. The molecule has 3 rings (SSSR count). The average molecular weight is 430 g/mol. The van der Waals surface area contributed by atoms with Gasteiger partial charge < -0.3 is 15.3 Å². The van der Waals surface area contributed by atoms with E-state index in [2.05, 4.69) is 5.32 Å². The number of rotatable bonds is 5. The van der Waals surface area contributed by atoms with Crippen molar-refractivity contribution < 1.29 is 23.5 Å². The molecule has 1 fully saturated rings. The van der Waals surface area contributed by atoms with E-state index in [1.165, 1.54) is 24.9 Å².